The fourth-order valence-electron chi connectivity index (χ4n) is 2.37. The number of aliphatic hydroxyl groups excluding tert-OH is 1. The van der Waals surface area contributed by atoms with Crippen LogP contribution in [0.3, 0.4) is 0 Å². The van der Waals surface area contributed by atoms with E-state index in [2.05, 4.69) is 10.3 Å². The van der Waals surface area contributed by atoms with Crippen molar-refractivity contribution in [2.24, 2.45) is 0 Å². The first-order valence-corrected chi connectivity index (χ1v) is 7.90. The number of anilines is 1. The van der Waals surface area contributed by atoms with E-state index in [1.54, 1.807) is 6.92 Å². The summed E-state index contributed by atoms with van der Waals surface area (Å²) in [6, 6.07) is 9.70. The van der Waals surface area contributed by atoms with Gasteiger partial charge in [0.25, 0.3) is 0 Å². The first-order chi connectivity index (χ1) is 11.3. The molecule has 0 aliphatic rings. The number of hydrogen-bond donors (Lipinski definition) is 2. The molecule has 1 atom stereocenters. The lowest BCUT2D eigenvalue weighted by molar-refractivity contribution is -0.137. The standard InChI is InChI=1S/C18H21F3N2O/c1-3-13-4-6-14(7-5-13)16-9-8-15(18(19,20)21)17(23-16)22-12(2)10-11-24/h4-9,12,24H,3,10-11H2,1-2H3,(H,22,23)/t12-/m1/s1. The minimum absolute atomic E-state index is 0.103. The molecule has 1 aromatic heterocycles. The molecule has 0 fully saturated rings. The minimum atomic E-state index is -4.49. The average molecular weight is 338 g/mol. The summed E-state index contributed by atoms with van der Waals surface area (Å²) in [6.07, 6.45) is -3.25. The molecule has 0 bridgehead atoms. The summed E-state index contributed by atoms with van der Waals surface area (Å²) in [5, 5.41) is 11.7. The largest absolute Gasteiger partial charge is 0.419 e. The molecule has 1 heterocycles. The van der Waals surface area contributed by atoms with Gasteiger partial charge in [-0.3, -0.25) is 0 Å². The molecular weight excluding hydrogens is 317 g/mol. The summed E-state index contributed by atoms with van der Waals surface area (Å²) in [4.78, 5) is 4.17. The first-order valence-electron chi connectivity index (χ1n) is 7.90. The molecule has 2 N–H and O–H groups in total. The fourth-order valence-corrected chi connectivity index (χ4v) is 2.37. The SMILES string of the molecule is CCc1ccc(-c2ccc(C(F)(F)F)c(N[C@H](C)CCO)n2)cc1. The van der Waals surface area contributed by atoms with Crippen LogP contribution in [0.4, 0.5) is 19.0 Å². The van der Waals surface area contributed by atoms with Crippen LogP contribution in [-0.4, -0.2) is 22.7 Å². The van der Waals surface area contributed by atoms with Crippen molar-refractivity contribution >= 4 is 5.82 Å². The third-order valence-corrected chi connectivity index (χ3v) is 3.80. The maximum absolute atomic E-state index is 13.2. The number of aliphatic hydroxyl groups is 1. The Morgan fingerprint density at radius 2 is 1.79 bits per heavy atom. The molecule has 130 valence electrons. The predicted octanol–water partition coefficient (Wildman–Crippen LogP) is 4.51. The topological polar surface area (TPSA) is 45.1 Å². The summed E-state index contributed by atoms with van der Waals surface area (Å²) in [6.45, 7) is 3.64. The summed E-state index contributed by atoms with van der Waals surface area (Å²) >= 11 is 0. The molecule has 6 heteroatoms. The molecule has 2 rings (SSSR count). The van der Waals surface area contributed by atoms with Crippen molar-refractivity contribution in [2.45, 2.75) is 38.9 Å². The Morgan fingerprint density at radius 1 is 1.12 bits per heavy atom. The molecule has 1 aromatic carbocycles. The van der Waals surface area contributed by atoms with Gasteiger partial charge in [0.2, 0.25) is 0 Å². The maximum atomic E-state index is 13.2. The molecule has 0 aliphatic carbocycles. The molecule has 0 spiro atoms. The quantitative estimate of drug-likeness (QED) is 0.814. The molecule has 0 saturated heterocycles. The Bertz CT molecular complexity index is 669. The van der Waals surface area contributed by atoms with Gasteiger partial charge in [-0.05, 0) is 37.5 Å². The summed E-state index contributed by atoms with van der Waals surface area (Å²) in [5.41, 5.74) is 1.59. The second-order valence-electron chi connectivity index (χ2n) is 5.70. The van der Waals surface area contributed by atoms with E-state index >= 15 is 0 Å². The van der Waals surface area contributed by atoms with Crippen molar-refractivity contribution in [3.8, 4) is 11.3 Å². The van der Waals surface area contributed by atoms with Gasteiger partial charge in [-0.15, -0.1) is 0 Å². The van der Waals surface area contributed by atoms with E-state index in [4.69, 9.17) is 5.11 Å². The minimum Gasteiger partial charge on any atom is -0.396 e. The summed E-state index contributed by atoms with van der Waals surface area (Å²) in [7, 11) is 0. The highest BCUT2D eigenvalue weighted by Crippen LogP contribution is 2.35. The van der Waals surface area contributed by atoms with Crippen LogP contribution in [0.1, 0.15) is 31.4 Å². The van der Waals surface area contributed by atoms with Gasteiger partial charge in [-0.2, -0.15) is 13.2 Å². The molecule has 0 amide bonds. The van der Waals surface area contributed by atoms with Gasteiger partial charge in [0, 0.05) is 18.2 Å². The molecule has 0 aliphatic heterocycles. The summed E-state index contributed by atoms with van der Waals surface area (Å²) < 4.78 is 39.6. The number of pyridine rings is 1. The Hall–Kier alpha value is -2.08. The Kier molecular flexibility index (Phi) is 5.83. The second-order valence-corrected chi connectivity index (χ2v) is 5.70. The van der Waals surface area contributed by atoms with Crippen LogP contribution in [0.5, 0.6) is 0 Å². The molecule has 0 radical (unpaired) electrons. The highest BCUT2D eigenvalue weighted by Gasteiger charge is 2.34. The lowest BCUT2D eigenvalue weighted by atomic mass is 10.1. The number of rotatable bonds is 6. The van der Waals surface area contributed by atoms with E-state index in [1.807, 2.05) is 31.2 Å². The van der Waals surface area contributed by atoms with Crippen LogP contribution in [0, 0.1) is 0 Å². The van der Waals surface area contributed by atoms with Gasteiger partial charge in [-0.25, -0.2) is 4.98 Å². The lowest BCUT2D eigenvalue weighted by Gasteiger charge is -2.19. The zero-order chi connectivity index (χ0) is 17.7. The lowest BCUT2D eigenvalue weighted by Crippen LogP contribution is -2.21. The molecule has 0 unspecified atom stereocenters. The fraction of sp³-hybridized carbons (Fsp3) is 0.389. The monoisotopic (exact) mass is 338 g/mol. The van der Waals surface area contributed by atoms with Crippen molar-refractivity contribution in [1.29, 1.82) is 0 Å². The van der Waals surface area contributed by atoms with Crippen molar-refractivity contribution in [2.75, 3.05) is 11.9 Å². The summed E-state index contributed by atoms with van der Waals surface area (Å²) in [5.74, 6) is -0.208. The average Bonchev–Trinajstić information content (AvgIpc) is 2.54. The van der Waals surface area contributed by atoms with Gasteiger partial charge in [0.1, 0.15) is 5.82 Å². The third-order valence-electron chi connectivity index (χ3n) is 3.80. The van der Waals surface area contributed by atoms with E-state index in [9.17, 15) is 13.2 Å². The van der Waals surface area contributed by atoms with Crippen LogP contribution in [-0.2, 0) is 12.6 Å². The van der Waals surface area contributed by atoms with E-state index < -0.39 is 11.7 Å². The van der Waals surface area contributed by atoms with E-state index in [1.165, 1.54) is 6.07 Å². The van der Waals surface area contributed by atoms with Gasteiger partial charge in [-0.1, -0.05) is 31.2 Å². The van der Waals surface area contributed by atoms with Crippen molar-refractivity contribution < 1.29 is 18.3 Å². The van der Waals surface area contributed by atoms with Gasteiger partial charge < -0.3 is 10.4 Å². The van der Waals surface area contributed by atoms with E-state index in [0.29, 0.717) is 12.1 Å². The van der Waals surface area contributed by atoms with Gasteiger partial charge >= 0.3 is 6.18 Å². The second kappa shape index (κ2) is 7.66. The van der Waals surface area contributed by atoms with Gasteiger partial charge in [0.15, 0.2) is 0 Å². The number of nitrogens with zero attached hydrogens (tertiary/aromatic N) is 1. The van der Waals surface area contributed by atoms with Crippen LogP contribution >= 0.6 is 0 Å². The molecule has 0 saturated carbocycles. The molecule has 2 aromatic rings. The van der Waals surface area contributed by atoms with Crippen LogP contribution in [0.2, 0.25) is 0 Å². The predicted molar refractivity (Wildman–Crippen MR) is 88.8 cm³/mol. The van der Waals surface area contributed by atoms with Crippen molar-refractivity contribution in [3.05, 3.63) is 47.5 Å². The Labute approximate surface area is 139 Å². The number of nitrogens with one attached hydrogen (secondary N) is 1. The van der Waals surface area contributed by atoms with Gasteiger partial charge in [0.05, 0.1) is 11.3 Å². The smallest absolute Gasteiger partial charge is 0.396 e. The molecular formula is C18H21F3N2O. The molecule has 3 nitrogen and oxygen atoms in total. The van der Waals surface area contributed by atoms with Crippen molar-refractivity contribution in [1.82, 2.24) is 4.98 Å². The number of alkyl halides is 3. The highest BCUT2D eigenvalue weighted by molar-refractivity contribution is 5.63. The van der Waals surface area contributed by atoms with E-state index in [-0.39, 0.29) is 18.5 Å². The Balaban J connectivity index is 2.40. The van der Waals surface area contributed by atoms with Crippen LogP contribution < -0.4 is 5.32 Å². The molecule has 24 heavy (non-hydrogen) atoms. The van der Waals surface area contributed by atoms with E-state index in [0.717, 1.165) is 23.6 Å². The Morgan fingerprint density at radius 3 is 2.33 bits per heavy atom. The normalized spacial score (nSPS) is 12.9. The third kappa shape index (κ3) is 4.47. The zero-order valence-corrected chi connectivity index (χ0v) is 13.7. The van der Waals surface area contributed by atoms with Crippen LogP contribution in [0.15, 0.2) is 36.4 Å². The first kappa shape index (κ1) is 18.3. The number of aromatic nitrogens is 1. The number of halogens is 3. The number of aryl methyl sites for hydroxylation is 1. The number of benzene rings is 1. The van der Waals surface area contributed by atoms with Crippen LogP contribution in [0.25, 0.3) is 11.3 Å². The zero-order valence-electron chi connectivity index (χ0n) is 13.7. The number of hydrogen-bond acceptors (Lipinski definition) is 3. The van der Waals surface area contributed by atoms with Crippen molar-refractivity contribution in [3.63, 3.8) is 0 Å². The maximum Gasteiger partial charge on any atom is 0.419 e. The highest BCUT2D eigenvalue weighted by atomic mass is 19.4.